The second kappa shape index (κ2) is 12.7. The molecule has 0 aliphatic rings. The lowest BCUT2D eigenvalue weighted by molar-refractivity contribution is 0.0331. The monoisotopic (exact) mass is 403 g/mol. The highest BCUT2D eigenvalue weighted by Crippen LogP contribution is 2.16. The number of benzene rings is 2. The van der Waals surface area contributed by atoms with Gasteiger partial charge in [0.05, 0.1) is 32.4 Å². The number of aliphatic hydroxyl groups is 1. The summed E-state index contributed by atoms with van der Waals surface area (Å²) < 4.78 is 24.8. The molecule has 2 aromatic carbocycles. The summed E-state index contributed by atoms with van der Waals surface area (Å²) in [4.78, 5) is 4.37. The van der Waals surface area contributed by atoms with E-state index >= 15 is 0 Å². The maximum atomic E-state index is 13.7. The van der Waals surface area contributed by atoms with Crippen LogP contribution in [0.15, 0.2) is 59.6 Å². The lowest BCUT2D eigenvalue weighted by atomic mass is 10.2. The molecule has 0 spiro atoms. The molecule has 29 heavy (non-hydrogen) atoms. The molecule has 7 heteroatoms. The number of halogens is 1. The number of aliphatic imine (C=N–C) groups is 1. The summed E-state index contributed by atoms with van der Waals surface area (Å²) in [6.45, 7) is 5.75. The molecule has 0 amide bonds. The number of para-hydroxylation sites is 1. The number of aliphatic hydroxyl groups excluding tert-OH is 1. The van der Waals surface area contributed by atoms with Crippen LogP contribution in [0, 0.1) is 5.82 Å². The molecule has 2 aromatic rings. The van der Waals surface area contributed by atoms with E-state index in [4.69, 9.17) is 9.47 Å². The molecule has 0 fully saturated rings. The van der Waals surface area contributed by atoms with Crippen molar-refractivity contribution in [3.05, 3.63) is 66.0 Å². The van der Waals surface area contributed by atoms with Gasteiger partial charge in [-0.25, -0.2) is 4.39 Å². The zero-order valence-corrected chi connectivity index (χ0v) is 17.0. The first kappa shape index (κ1) is 22.6. The minimum atomic E-state index is -0.707. The van der Waals surface area contributed by atoms with E-state index in [2.05, 4.69) is 15.6 Å². The molecule has 158 valence electrons. The molecule has 2 rings (SSSR count). The summed E-state index contributed by atoms with van der Waals surface area (Å²) in [6, 6.07) is 16.1. The Bertz CT molecular complexity index is 743. The van der Waals surface area contributed by atoms with Gasteiger partial charge in [0, 0.05) is 6.54 Å². The van der Waals surface area contributed by atoms with Gasteiger partial charge in [-0.3, -0.25) is 4.99 Å². The van der Waals surface area contributed by atoms with Crippen LogP contribution in [0.1, 0.15) is 19.4 Å². The molecule has 0 saturated carbocycles. The van der Waals surface area contributed by atoms with Crippen LogP contribution in [0.2, 0.25) is 0 Å². The molecule has 0 bridgehead atoms. The average molecular weight is 403 g/mol. The van der Waals surface area contributed by atoms with Gasteiger partial charge >= 0.3 is 0 Å². The van der Waals surface area contributed by atoms with Crippen molar-refractivity contribution in [1.29, 1.82) is 0 Å². The molecular weight excluding hydrogens is 373 g/mol. The summed E-state index contributed by atoms with van der Waals surface area (Å²) in [7, 11) is 0. The molecule has 6 nitrogen and oxygen atoms in total. The Hall–Kier alpha value is -2.64. The van der Waals surface area contributed by atoms with Crippen LogP contribution in [0.3, 0.4) is 0 Å². The molecule has 0 aliphatic heterocycles. The zero-order chi connectivity index (χ0) is 20.9. The predicted molar refractivity (Wildman–Crippen MR) is 113 cm³/mol. The molecule has 3 N–H and O–H groups in total. The van der Waals surface area contributed by atoms with Gasteiger partial charge in [-0.15, -0.1) is 0 Å². The second-order valence-corrected chi connectivity index (χ2v) is 6.61. The third-order valence-electron chi connectivity index (χ3n) is 3.95. The molecule has 0 radical (unpaired) electrons. The minimum Gasteiger partial charge on any atom is -0.486 e. The van der Waals surface area contributed by atoms with Crippen molar-refractivity contribution >= 4 is 5.96 Å². The standard InChI is InChI=1S/C22H30FN3O3/c1-3-24-22(25-13-17(2)29-21-12-8-7-11-20(21)23)26-14-19(27)16-28-15-18-9-5-4-6-10-18/h4-12,17,19,27H,3,13-16H2,1-2H3,(H2,24,25,26). The Labute approximate surface area is 171 Å². The van der Waals surface area contributed by atoms with E-state index in [0.717, 1.165) is 5.56 Å². The Kier molecular flexibility index (Phi) is 9.95. The van der Waals surface area contributed by atoms with Crippen LogP contribution in [-0.2, 0) is 11.3 Å². The maximum absolute atomic E-state index is 13.7. The number of ether oxygens (including phenoxy) is 2. The van der Waals surface area contributed by atoms with E-state index in [1.807, 2.05) is 44.2 Å². The van der Waals surface area contributed by atoms with Crippen LogP contribution in [0.5, 0.6) is 5.75 Å². The van der Waals surface area contributed by atoms with Crippen LogP contribution in [-0.4, -0.2) is 49.5 Å². The fraction of sp³-hybridized carbons (Fsp3) is 0.409. The number of hydrogen-bond donors (Lipinski definition) is 3. The van der Waals surface area contributed by atoms with Gasteiger partial charge in [0.25, 0.3) is 0 Å². The lowest BCUT2D eigenvalue weighted by Gasteiger charge is -2.18. The summed E-state index contributed by atoms with van der Waals surface area (Å²) in [5, 5.41) is 16.3. The summed E-state index contributed by atoms with van der Waals surface area (Å²) in [6.07, 6.45) is -0.976. The van der Waals surface area contributed by atoms with Gasteiger partial charge in [-0.05, 0) is 31.5 Å². The van der Waals surface area contributed by atoms with Gasteiger partial charge in [-0.1, -0.05) is 42.5 Å². The van der Waals surface area contributed by atoms with E-state index in [9.17, 15) is 9.50 Å². The van der Waals surface area contributed by atoms with Gasteiger partial charge in [-0.2, -0.15) is 0 Å². The van der Waals surface area contributed by atoms with Crippen molar-refractivity contribution in [2.45, 2.75) is 32.7 Å². The van der Waals surface area contributed by atoms with Gasteiger partial charge in [0.1, 0.15) is 6.10 Å². The number of guanidine groups is 1. The minimum absolute atomic E-state index is 0.199. The van der Waals surface area contributed by atoms with Crippen LogP contribution < -0.4 is 15.4 Å². The number of hydrogen-bond acceptors (Lipinski definition) is 4. The largest absolute Gasteiger partial charge is 0.486 e. The van der Waals surface area contributed by atoms with Crippen molar-refractivity contribution in [1.82, 2.24) is 10.6 Å². The van der Waals surface area contributed by atoms with Crippen molar-refractivity contribution in [3.8, 4) is 5.75 Å². The Morgan fingerprint density at radius 3 is 2.55 bits per heavy atom. The molecule has 2 atom stereocenters. The lowest BCUT2D eigenvalue weighted by Crippen LogP contribution is -2.42. The predicted octanol–water partition coefficient (Wildman–Crippen LogP) is 2.73. The Morgan fingerprint density at radius 2 is 1.83 bits per heavy atom. The van der Waals surface area contributed by atoms with Crippen LogP contribution in [0.4, 0.5) is 4.39 Å². The zero-order valence-electron chi connectivity index (χ0n) is 17.0. The number of nitrogens with one attached hydrogen (secondary N) is 2. The SMILES string of the molecule is CCNC(=NCC(O)COCc1ccccc1)NCC(C)Oc1ccccc1F. The normalized spacial score (nSPS) is 13.6. The highest BCUT2D eigenvalue weighted by Gasteiger charge is 2.10. The topological polar surface area (TPSA) is 75.1 Å². The first-order chi connectivity index (χ1) is 14.1. The summed E-state index contributed by atoms with van der Waals surface area (Å²) in [5.74, 6) is 0.381. The van der Waals surface area contributed by atoms with E-state index in [1.165, 1.54) is 6.07 Å². The fourth-order valence-corrected chi connectivity index (χ4v) is 2.52. The van der Waals surface area contributed by atoms with Gasteiger partial charge < -0.3 is 25.2 Å². The highest BCUT2D eigenvalue weighted by atomic mass is 19.1. The van der Waals surface area contributed by atoms with Crippen molar-refractivity contribution in [3.63, 3.8) is 0 Å². The average Bonchev–Trinajstić information content (AvgIpc) is 2.72. The fourth-order valence-electron chi connectivity index (χ4n) is 2.52. The molecule has 2 unspecified atom stereocenters. The molecule has 0 saturated heterocycles. The number of rotatable bonds is 11. The second-order valence-electron chi connectivity index (χ2n) is 6.61. The summed E-state index contributed by atoms with van der Waals surface area (Å²) >= 11 is 0. The highest BCUT2D eigenvalue weighted by molar-refractivity contribution is 5.79. The van der Waals surface area contributed by atoms with E-state index < -0.39 is 11.9 Å². The first-order valence-electron chi connectivity index (χ1n) is 9.81. The van der Waals surface area contributed by atoms with E-state index in [-0.39, 0.29) is 25.0 Å². The maximum Gasteiger partial charge on any atom is 0.191 e. The van der Waals surface area contributed by atoms with E-state index in [0.29, 0.717) is 25.7 Å². The number of nitrogens with zero attached hydrogens (tertiary/aromatic N) is 1. The third kappa shape index (κ3) is 8.93. The van der Waals surface area contributed by atoms with Crippen molar-refractivity contribution < 1.29 is 19.0 Å². The van der Waals surface area contributed by atoms with Gasteiger partial charge in [0.15, 0.2) is 17.5 Å². The molecule has 0 heterocycles. The van der Waals surface area contributed by atoms with Crippen molar-refractivity contribution in [2.75, 3.05) is 26.2 Å². The molecular formula is C22H30FN3O3. The smallest absolute Gasteiger partial charge is 0.191 e. The van der Waals surface area contributed by atoms with E-state index in [1.54, 1.807) is 18.2 Å². The quantitative estimate of drug-likeness (QED) is 0.397. The molecule has 0 aromatic heterocycles. The Morgan fingerprint density at radius 1 is 1.10 bits per heavy atom. The third-order valence-corrected chi connectivity index (χ3v) is 3.95. The van der Waals surface area contributed by atoms with Gasteiger partial charge in [0.2, 0.25) is 0 Å². The molecule has 0 aliphatic carbocycles. The Balaban J connectivity index is 1.74. The van der Waals surface area contributed by atoms with Crippen molar-refractivity contribution in [2.24, 2.45) is 4.99 Å². The van der Waals surface area contributed by atoms with Crippen LogP contribution in [0.25, 0.3) is 0 Å². The summed E-state index contributed by atoms with van der Waals surface area (Å²) in [5.41, 5.74) is 1.06. The first-order valence-corrected chi connectivity index (χ1v) is 9.81. The van der Waals surface area contributed by atoms with Crippen LogP contribution >= 0.6 is 0 Å².